The third-order valence-electron chi connectivity index (χ3n) is 7.42. The zero-order valence-corrected chi connectivity index (χ0v) is 21.2. The fraction of sp³-hybridized carbons (Fsp3) is 0.500. The van der Waals surface area contributed by atoms with Crippen LogP contribution < -0.4 is 5.73 Å². The van der Waals surface area contributed by atoms with Crippen molar-refractivity contribution >= 4 is 38.7 Å². The SMILES string of the molecule is NC(=O)c1cc(-c2csc(CN3CCCCCC3)c2)cc2c(CC3CCS(O)(O)CC3)c[nH]c12. The van der Waals surface area contributed by atoms with Crippen molar-refractivity contribution in [2.75, 3.05) is 24.6 Å². The first-order chi connectivity index (χ1) is 16.4. The van der Waals surface area contributed by atoms with Crippen molar-refractivity contribution in [1.82, 2.24) is 9.88 Å². The van der Waals surface area contributed by atoms with Crippen molar-refractivity contribution in [1.29, 1.82) is 0 Å². The van der Waals surface area contributed by atoms with E-state index >= 15 is 0 Å². The Morgan fingerprint density at radius 3 is 2.53 bits per heavy atom. The standard InChI is InChI=1S/C26H35N3O3S2/c27-26(30)24-14-19(21-12-22(33-17-21)16-29-7-3-1-2-4-8-29)13-23-20(15-28-25(23)24)11-18-5-9-34(31,32)10-6-18/h12-15,17-18,28,31-32H,1-11,16H2,(H2,27,30). The quantitative estimate of drug-likeness (QED) is 0.329. The minimum Gasteiger partial charge on any atom is -0.366 e. The number of primary amides is 1. The largest absolute Gasteiger partial charge is 0.366 e. The summed E-state index contributed by atoms with van der Waals surface area (Å²) in [5, 5.41) is 3.24. The zero-order chi connectivity index (χ0) is 23.7. The Bertz CT molecular complexity index is 1150. The highest BCUT2D eigenvalue weighted by atomic mass is 32.3. The van der Waals surface area contributed by atoms with Gasteiger partial charge >= 0.3 is 0 Å². The summed E-state index contributed by atoms with van der Waals surface area (Å²) in [6, 6.07) is 6.36. The van der Waals surface area contributed by atoms with Crippen molar-refractivity contribution < 1.29 is 13.9 Å². The van der Waals surface area contributed by atoms with Crippen LogP contribution in [0.2, 0.25) is 0 Å². The lowest BCUT2D eigenvalue weighted by Crippen LogP contribution is -2.23. The van der Waals surface area contributed by atoms with E-state index in [1.807, 2.05) is 12.3 Å². The molecule has 2 aliphatic heterocycles. The number of carbonyl (C=O) groups is 1. The smallest absolute Gasteiger partial charge is 0.250 e. The van der Waals surface area contributed by atoms with Gasteiger partial charge in [-0.3, -0.25) is 18.8 Å². The van der Waals surface area contributed by atoms with Crippen molar-refractivity contribution in [3.05, 3.63) is 45.8 Å². The minimum absolute atomic E-state index is 0.418. The van der Waals surface area contributed by atoms with Crippen LogP contribution in [0.4, 0.5) is 0 Å². The van der Waals surface area contributed by atoms with E-state index in [9.17, 15) is 13.9 Å². The van der Waals surface area contributed by atoms with Gasteiger partial charge in [0, 0.05) is 34.5 Å². The second-order valence-corrected chi connectivity index (χ2v) is 13.4. The first-order valence-corrected chi connectivity index (χ1v) is 15.1. The molecular weight excluding hydrogens is 466 g/mol. The molecule has 8 heteroatoms. The molecule has 4 heterocycles. The number of aromatic amines is 1. The van der Waals surface area contributed by atoms with E-state index in [4.69, 9.17) is 5.73 Å². The lowest BCUT2D eigenvalue weighted by molar-refractivity contribution is 0.100. The lowest BCUT2D eigenvalue weighted by Gasteiger charge is -2.39. The summed E-state index contributed by atoms with van der Waals surface area (Å²) in [4.78, 5) is 19.5. The van der Waals surface area contributed by atoms with E-state index in [1.54, 1.807) is 11.3 Å². The van der Waals surface area contributed by atoms with Crippen LogP contribution in [0.1, 0.15) is 59.3 Å². The molecule has 2 aromatic heterocycles. The molecule has 2 saturated heterocycles. The third kappa shape index (κ3) is 5.36. The summed E-state index contributed by atoms with van der Waals surface area (Å²) < 4.78 is 19.9. The molecule has 184 valence electrons. The predicted molar refractivity (Wildman–Crippen MR) is 143 cm³/mol. The highest BCUT2D eigenvalue weighted by Gasteiger charge is 2.25. The van der Waals surface area contributed by atoms with Crippen LogP contribution in [0.5, 0.6) is 0 Å². The molecule has 2 aliphatic rings. The number of nitrogens with zero attached hydrogens (tertiary/aromatic N) is 1. The molecule has 0 bridgehead atoms. The van der Waals surface area contributed by atoms with E-state index in [2.05, 4.69) is 27.4 Å². The van der Waals surface area contributed by atoms with Gasteiger partial charge in [-0.2, -0.15) is 10.6 Å². The van der Waals surface area contributed by atoms with E-state index in [0.717, 1.165) is 47.8 Å². The maximum absolute atomic E-state index is 12.3. The Morgan fingerprint density at radius 1 is 1.09 bits per heavy atom. The first kappa shape index (κ1) is 23.9. The average Bonchev–Trinajstić information content (AvgIpc) is 3.35. The summed E-state index contributed by atoms with van der Waals surface area (Å²) in [5.74, 6) is 0.979. The Hall–Kier alpha value is -1.84. The molecule has 0 unspecified atom stereocenters. The van der Waals surface area contributed by atoms with Gasteiger partial charge in [0.25, 0.3) is 5.91 Å². The van der Waals surface area contributed by atoms with Gasteiger partial charge in [-0.05, 0) is 91.4 Å². The summed E-state index contributed by atoms with van der Waals surface area (Å²) in [6.07, 6.45) is 9.74. The van der Waals surface area contributed by atoms with Gasteiger partial charge in [0.2, 0.25) is 0 Å². The number of nitrogens with two attached hydrogens (primary N) is 1. The predicted octanol–water partition coefficient (Wildman–Crippen LogP) is 6.07. The molecule has 1 amide bonds. The molecule has 5 rings (SSSR count). The number of nitrogens with one attached hydrogen (secondary N) is 1. The van der Waals surface area contributed by atoms with E-state index in [-0.39, 0.29) is 0 Å². The second kappa shape index (κ2) is 10.0. The van der Waals surface area contributed by atoms with Crippen molar-refractivity contribution in [2.24, 2.45) is 11.7 Å². The van der Waals surface area contributed by atoms with Crippen LogP contribution in [0.25, 0.3) is 22.0 Å². The third-order valence-corrected chi connectivity index (χ3v) is 10.1. The number of H-pyrrole nitrogens is 1. The molecule has 5 N–H and O–H groups in total. The van der Waals surface area contributed by atoms with Gasteiger partial charge < -0.3 is 10.7 Å². The van der Waals surface area contributed by atoms with Gasteiger partial charge in [0.05, 0.1) is 11.1 Å². The maximum atomic E-state index is 12.3. The fourth-order valence-corrected chi connectivity index (χ4v) is 7.98. The number of hydrogen-bond acceptors (Lipinski definition) is 5. The molecule has 3 aromatic rings. The molecular formula is C26H35N3O3S2. The molecule has 34 heavy (non-hydrogen) atoms. The van der Waals surface area contributed by atoms with Crippen molar-refractivity contribution in [2.45, 2.75) is 51.5 Å². The molecule has 1 aromatic carbocycles. The van der Waals surface area contributed by atoms with Gasteiger partial charge in [-0.25, -0.2) is 0 Å². The molecule has 0 aliphatic carbocycles. The van der Waals surface area contributed by atoms with Gasteiger partial charge in [-0.1, -0.05) is 12.8 Å². The Labute approximate surface area is 206 Å². The number of benzene rings is 1. The number of thiophene rings is 1. The monoisotopic (exact) mass is 501 g/mol. The second-order valence-electron chi connectivity index (χ2n) is 9.97. The average molecular weight is 502 g/mol. The molecule has 0 atom stereocenters. The first-order valence-electron chi connectivity index (χ1n) is 12.4. The fourth-order valence-electron chi connectivity index (χ4n) is 5.42. The number of amides is 1. The number of aromatic nitrogens is 1. The Kier molecular flexibility index (Phi) is 7.04. The summed E-state index contributed by atoms with van der Waals surface area (Å²) in [7, 11) is -2.38. The van der Waals surface area contributed by atoms with E-state index in [0.29, 0.717) is 23.0 Å². The molecule has 0 radical (unpaired) electrons. The number of rotatable bonds is 6. The summed E-state index contributed by atoms with van der Waals surface area (Å²) in [5.41, 5.74) is 10.4. The van der Waals surface area contributed by atoms with Gasteiger partial charge in [0.1, 0.15) is 0 Å². The van der Waals surface area contributed by atoms with E-state index in [1.165, 1.54) is 49.2 Å². The van der Waals surface area contributed by atoms with Crippen LogP contribution in [-0.2, 0) is 13.0 Å². The molecule has 6 nitrogen and oxygen atoms in total. The Balaban J connectivity index is 1.41. The minimum atomic E-state index is -2.38. The van der Waals surface area contributed by atoms with Crippen LogP contribution in [0.15, 0.2) is 29.8 Å². The topological polar surface area (TPSA) is 103 Å². The van der Waals surface area contributed by atoms with Crippen LogP contribution in [0, 0.1) is 5.92 Å². The molecule has 0 saturated carbocycles. The molecule has 0 spiro atoms. The zero-order valence-electron chi connectivity index (χ0n) is 19.6. The maximum Gasteiger partial charge on any atom is 0.250 e. The molecule has 2 fully saturated rings. The number of fused-ring (bicyclic) bond motifs is 1. The highest BCUT2D eigenvalue weighted by Crippen LogP contribution is 2.46. The highest BCUT2D eigenvalue weighted by molar-refractivity contribution is 8.24. The van der Waals surface area contributed by atoms with Crippen LogP contribution in [0.3, 0.4) is 0 Å². The normalized spacial score (nSPS) is 20.9. The van der Waals surface area contributed by atoms with Gasteiger partial charge in [0.15, 0.2) is 0 Å². The van der Waals surface area contributed by atoms with E-state index < -0.39 is 16.5 Å². The van der Waals surface area contributed by atoms with Crippen molar-refractivity contribution in [3.63, 3.8) is 0 Å². The van der Waals surface area contributed by atoms with Crippen LogP contribution in [-0.4, -0.2) is 49.5 Å². The van der Waals surface area contributed by atoms with Crippen molar-refractivity contribution in [3.8, 4) is 11.1 Å². The number of carbonyl (C=O) groups excluding carboxylic acids is 1. The lowest BCUT2D eigenvalue weighted by atomic mass is 9.92. The Morgan fingerprint density at radius 2 is 1.82 bits per heavy atom. The summed E-state index contributed by atoms with van der Waals surface area (Å²) in [6.45, 7) is 3.34. The number of likely N-dealkylation sites (tertiary alicyclic amines) is 1. The van der Waals surface area contributed by atoms with Crippen LogP contribution >= 0.6 is 21.9 Å². The summed E-state index contributed by atoms with van der Waals surface area (Å²) >= 11 is 1.79. The number of hydrogen-bond donors (Lipinski definition) is 4. The van der Waals surface area contributed by atoms with Gasteiger partial charge in [-0.15, -0.1) is 11.3 Å².